The molecular weight excluding hydrogens is 401 g/mol. The second kappa shape index (κ2) is 11.1. The molecule has 0 saturated carbocycles. The Labute approximate surface area is 175 Å². The van der Waals surface area contributed by atoms with E-state index in [-0.39, 0.29) is 5.75 Å². The monoisotopic (exact) mass is 432 g/mol. The number of likely N-dealkylation sites (tertiary alicyclic amines) is 1. The van der Waals surface area contributed by atoms with Crippen LogP contribution in [0.25, 0.3) is 0 Å². The molecule has 1 saturated heterocycles. The van der Waals surface area contributed by atoms with Gasteiger partial charge in [-0.25, -0.2) is 0 Å². The molecule has 1 aliphatic heterocycles. The highest BCUT2D eigenvalue weighted by molar-refractivity contribution is 5.79. The number of nitrogens with zero attached hydrogens (tertiary/aromatic N) is 2. The van der Waals surface area contributed by atoms with Crippen LogP contribution in [0, 0.1) is 5.92 Å². The van der Waals surface area contributed by atoms with Crippen LogP contribution in [0.2, 0.25) is 0 Å². The van der Waals surface area contributed by atoms with Gasteiger partial charge in [-0.1, -0.05) is 0 Å². The number of aromatic hydroxyl groups is 1. The Kier molecular flexibility index (Phi) is 8.88. The number of rotatable bonds is 8. The summed E-state index contributed by atoms with van der Waals surface area (Å²) in [5.41, 5.74) is 0.849. The molecule has 1 aliphatic rings. The van der Waals surface area contributed by atoms with E-state index in [9.17, 15) is 18.3 Å². The molecule has 0 unspecified atom stereocenters. The molecular formula is C20H31F3N4O3. The summed E-state index contributed by atoms with van der Waals surface area (Å²) in [5, 5.41) is 16.4. The number of nitrogens with one attached hydrogen (secondary N) is 2. The number of guanidine groups is 1. The topological polar surface area (TPSA) is 78.4 Å². The van der Waals surface area contributed by atoms with E-state index in [1.807, 2.05) is 0 Å². The lowest BCUT2D eigenvalue weighted by Gasteiger charge is -2.32. The minimum Gasteiger partial charge on any atom is -0.502 e. The zero-order chi connectivity index (χ0) is 22.1. The number of methoxy groups -OCH3 is 2. The van der Waals surface area contributed by atoms with Gasteiger partial charge >= 0.3 is 6.18 Å². The van der Waals surface area contributed by atoms with Gasteiger partial charge in [0.25, 0.3) is 0 Å². The molecule has 0 aliphatic carbocycles. The van der Waals surface area contributed by atoms with Gasteiger partial charge < -0.3 is 25.2 Å². The lowest BCUT2D eigenvalue weighted by molar-refractivity contribution is -0.148. The third kappa shape index (κ3) is 7.47. The van der Waals surface area contributed by atoms with Gasteiger partial charge in [-0.3, -0.25) is 9.89 Å². The molecule has 0 atom stereocenters. The first-order chi connectivity index (χ1) is 14.3. The zero-order valence-electron chi connectivity index (χ0n) is 17.7. The molecule has 0 radical (unpaired) electrons. The van der Waals surface area contributed by atoms with Gasteiger partial charge in [-0.2, -0.15) is 13.2 Å². The predicted molar refractivity (Wildman–Crippen MR) is 109 cm³/mol. The van der Waals surface area contributed by atoms with E-state index < -0.39 is 12.7 Å². The number of piperidine rings is 1. The van der Waals surface area contributed by atoms with E-state index >= 15 is 0 Å². The third-order valence-electron chi connectivity index (χ3n) is 5.18. The molecule has 1 fully saturated rings. The van der Waals surface area contributed by atoms with Gasteiger partial charge in [0.05, 0.1) is 20.8 Å². The Hall–Kier alpha value is -2.36. The molecule has 7 nitrogen and oxygen atoms in total. The molecule has 30 heavy (non-hydrogen) atoms. The third-order valence-corrected chi connectivity index (χ3v) is 5.18. The Morgan fingerprint density at radius 1 is 1.17 bits per heavy atom. The number of ether oxygens (including phenoxy) is 2. The molecule has 0 amide bonds. The molecule has 0 bridgehead atoms. The van der Waals surface area contributed by atoms with Gasteiger partial charge in [-0.05, 0) is 56.0 Å². The molecule has 1 aromatic rings. The second-order valence-corrected chi connectivity index (χ2v) is 7.32. The zero-order valence-corrected chi connectivity index (χ0v) is 17.7. The van der Waals surface area contributed by atoms with Crippen LogP contribution in [0.4, 0.5) is 13.2 Å². The number of phenols is 1. The molecule has 1 heterocycles. The summed E-state index contributed by atoms with van der Waals surface area (Å²) in [7, 11) is 4.61. The van der Waals surface area contributed by atoms with Gasteiger partial charge in [0.1, 0.15) is 0 Å². The molecule has 10 heteroatoms. The highest BCUT2D eigenvalue weighted by Crippen LogP contribution is 2.37. The van der Waals surface area contributed by atoms with Crippen molar-refractivity contribution in [3.8, 4) is 17.2 Å². The molecule has 0 spiro atoms. The second-order valence-electron chi connectivity index (χ2n) is 7.32. The van der Waals surface area contributed by atoms with E-state index in [1.54, 1.807) is 19.2 Å². The Bertz CT molecular complexity index is 680. The number of hydrogen-bond acceptors (Lipinski definition) is 5. The highest BCUT2D eigenvalue weighted by atomic mass is 19.4. The van der Waals surface area contributed by atoms with Crippen molar-refractivity contribution in [3.05, 3.63) is 17.7 Å². The van der Waals surface area contributed by atoms with Gasteiger partial charge in [0.2, 0.25) is 5.75 Å². The van der Waals surface area contributed by atoms with E-state index in [2.05, 4.69) is 15.6 Å². The van der Waals surface area contributed by atoms with Crippen LogP contribution in [-0.2, 0) is 6.54 Å². The average molecular weight is 432 g/mol. The fourth-order valence-electron chi connectivity index (χ4n) is 3.54. The van der Waals surface area contributed by atoms with Crippen molar-refractivity contribution in [1.29, 1.82) is 0 Å². The number of halogens is 3. The summed E-state index contributed by atoms with van der Waals surface area (Å²) in [4.78, 5) is 5.67. The van der Waals surface area contributed by atoms with Crippen molar-refractivity contribution in [2.75, 3.05) is 47.4 Å². The average Bonchev–Trinajstić information content (AvgIpc) is 2.71. The Morgan fingerprint density at radius 3 is 2.27 bits per heavy atom. The molecule has 1 aromatic carbocycles. The van der Waals surface area contributed by atoms with E-state index in [4.69, 9.17) is 9.47 Å². The number of aliphatic imine (C=N–C) groups is 1. The van der Waals surface area contributed by atoms with Gasteiger partial charge in [0.15, 0.2) is 17.5 Å². The normalized spacial score (nSPS) is 16.4. The van der Waals surface area contributed by atoms with E-state index in [0.29, 0.717) is 49.6 Å². The summed E-state index contributed by atoms with van der Waals surface area (Å²) in [5.74, 6) is 1.63. The summed E-state index contributed by atoms with van der Waals surface area (Å²) >= 11 is 0. The van der Waals surface area contributed by atoms with Gasteiger partial charge in [0, 0.05) is 20.1 Å². The number of alkyl halides is 3. The van der Waals surface area contributed by atoms with Gasteiger partial charge in [-0.15, -0.1) is 0 Å². The van der Waals surface area contributed by atoms with Crippen LogP contribution in [0.1, 0.15) is 24.8 Å². The first-order valence-electron chi connectivity index (χ1n) is 9.93. The maximum atomic E-state index is 12.5. The number of phenolic OH excluding ortho intramolecular Hbond substituents is 1. The summed E-state index contributed by atoms with van der Waals surface area (Å²) in [6, 6.07) is 3.43. The first-order valence-corrected chi connectivity index (χ1v) is 9.93. The minimum absolute atomic E-state index is 0.0486. The standard InChI is InChI=1S/C20H31F3N4O3/c1-24-19(26-12-15-10-16(29-2)18(28)17(11-15)30-3)25-7-4-14-5-8-27(9-6-14)13-20(21,22)23/h10-11,14,28H,4-9,12-13H2,1-3H3,(H2,24,25,26). The van der Waals surface area contributed by atoms with Crippen LogP contribution in [-0.4, -0.2) is 69.6 Å². The van der Waals surface area contributed by atoms with Crippen molar-refractivity contribution in [2.24, 2.45) is 10.9 Å². The molecule has 170 valence electrons. The van der Waals surface area contributed by atoms with Crippen LogP contribution < -0.4 is 20.1 Å². The predicted octanol–water partition coefficient (Wildman–Crippen LogP) is 2.74. The first kappa shape index (κ1) is 23.9. The number of hydrogen-bond donors (Lipinski definition) is 3. The maximum Gasteiger partial charge on any atom is 0.401 e. The van der Waals surface area contributed by atoms with E-state index in [0.717, 1.165) is 24.8 Å². The molecule has 3 N–H and O–H groups in total. The smallest absolute Gasteiger partial charge is 0.401 e. The largest absolute Gasteiger partial charge is 0.502 e. The van der Waals surface area contributed by atoms with Crippen molar-refractivity contribution in [2.45, 2.75) is 32.0 Å². The van der Waals surface area contributed by atoms with E-state index in [1.165, 1.54) is 19.1 Å². The fraction of sp³-hybridized carbons (Fsp3) is 0.650. The lowest BCUT2D eigenvalue weighted by atomic mass is 9.93. The molecule has 0 aromatic heterocycles. The lowest BCUT2D eigenvalue weighted by Crippen LogP contribution is -2.41. The quantitative estimate of drug-likeness (QED) is 0.433. The Balaban J connectivity index is 1.75. The van der Waals surface area contributed by atoms with Crippen molar-refractivity contribution >= 4 is 5.96 Å². The summed E-state index contributed by atoms with van der Waals surface area (Å²) in [6.07, 6.45) is -1.70. The molecule has 2 rings (SSSR count). The number of benzene rings is 1. The van der Waals surface area contributed by atoms with Crippen molar-refractivity contribution in [3.63, 3.8) is 0 Å². The summed E-state index contributed by atoms with van der Waals surface area (Å²) in [6.45, 7) is 1.29. The summed E-state index contributed by atoms with van der Waals surface area (Å²) < 4.78 is 47.7. The maximum absolute atomic E-state index is 12.5. The fourth-order valence-corrected chi connectivity index (χ4v) is 3.54. The van der Waals surface area contributed by atoms with Crippen molar-refractivity contribution < 1.29 is 27.8 Å². The van der Waals surface area contributed by atoms with Crippen LogP contribution in [0.3, 0.4) is 0 Å². The Morgan fingerprint density at radius 2 is 1.77 bits per heavy atom. The van der Waals surface area contributed by atoms with Crippen LogP contribution >= 0.6 is 0 Å². The highest BCUT2D eigenvalue weighted by Gasteiger charge is 2.32. The van der Waals surface area contributed by atoms with Crippen molar-refractivity contribution in [1.82, 2.24) is 15.5 Å². The van der Waals surface area contributed by atoms with Crippen LogP contribution in [0.15, 0.2) is 17.1 Å². The SMILES string of the molecule is CN=C(NCCC1CCN(CC(F)(F)F)CC1)NCc1cc(OC)c(O)c(OC)c1. The minimum atomic E-state index is -4.13. The van der Waals surface area contributed by atoms with Crippen LogP contribution in [0.5, 0.6) is 17.2 Å².